The first-order chi connectivity index (χ1) is 6.00. The van der Waals surface area contributed by atoms with Crippen molar-refractivity contribution in [2.24, 2.45) is 0 Å². The van der Waals surface area contributed by atoms with Crippen molar-refractivity contribution in [1.82, 2.24) is 9.78 Å². The molecule has 1 atom stereocenters. The summed E-state index contributed by atoms with van der Waals surface area (Å²) in [5.74, 6) is 0.563. The number of aryl methyl sites for hydroxylation is 1. The van der Waals surface area contributed by atoms with E-state index >= 15 is 0 Å². The van der Waals surface area contributed by atoms with Crippen LogP contribution in [0.1, 0.15) is 25.6 Å². The second-order valence-corrected chi connectivity index (χ2v) is 3.76. The summed E-state index contributed by atoms with van der Waals surface area (Å²) in [6.07, 6.45) is 0. The Balaban J connectivity index is 2.97. The number of nitrogens with zero attached hydrogens (tertiary/aromatic N) is 2. The van der Waals surface area contributed by atoms with Crippen molar-refractivity contribution < 1.29 is 8.76 Å². The van der Waals surface area contributed by atoms with Crippen molar-refractivity contribution in [2.75, 3.05) is 4.72 Å². The highest BCUT2D eigenvalue weighted by Gasteiger charge is 2.08. The van der Waals surface area contributed by atoms with Gasteiger partial charge in [-0.2, -0.15) is 5.10 Å². The van der Waals surface area contributed by atoms with Crippen molar-refractivity contribution in [3.63, 3.8) is 0 Å². The molecule has 1 rings (SSSR count). The number of hydrogen-bond donors (Lipinski definition) is 2. The van der Waals surface area contributed by atoms with E-state index in [9.17, 15) is 4.21 Å². The van der Waals surface area contributed by atoms with E-state index in [1.54, 1.807) is 10.7 Å². The summed E-state index contributed by atoms with van der Waals surface area (Å²) in [4.78, 5) is 0. The fourth-order valence-electron chi connectivity index (χ4n) is 1.08. The minimum Gasteiger partial charge on any atom is -0.289 e. The maximum absolute atomic E-state index is 10.5. The van der Waals surface area contributed by atoms with Crippen LogP contribution in [0.15, 0.2) is 6.07 Å². The van der Waals surface area contributed by atoms with Crippen LogP contribution in [0.4, 0.5) is 5.82 Å². The highest BCUT2D eigenvalue weighted by molar-refractivity contribution is 7.80. The van der Waals surface area contributed by atoms with Gasteiger partial charge < -0.3 is 0 Å². The van der Waals surface area contributed by atoms with Crippen molar-refractivity contribution in [3.8, 4) is 0 Å². The molecule has 0 aromatic carbocycles. The number of anilines is 1. The third-order valence-electron chi connectivity index (χ3n) is 1.54. The van der Waals surface area contributed by atoms with E-state index in [0.29, 0.717) is 5.82 Å². The fraction of sp³-hybridized carbons (Fsp3) is 0.571. The van der Waals surface area contributed by atoms with Crippen LogP contribution >= 0.6 is 0 Å². The van der Waals surface area contributed by atoms with Gasteiger partial charge in [-0.05, 0) is 20.8 Å². The summed E-state index contributed by atoms with van der Waals surface area (Å²) in [6.45, 7) is 5.75. The summed E-state index contributed by atoms with van der Waals surface area (Å²) in [7, 11) is 0. The van der Waals surface area contributed by atoms with Crippen LogP contribution in [0.3, 0.4) is 0 Å². The van der Waals surface area contributed by atoms with Gasteiger partial charge in [0, 0.05) is 12.1 Å². The molecule has 0 aliphatic rings. The number of aromatic nitrogens is 2. The summed E-state index contributed by atoms with van der Waals surface area (Å²) >= 11 is -2.04. The van der Waals surface area contributed by atoms with Crippen molar-refractivity contribution in [3.05, 3.63) is 11.8 Å². The zero-order valence-electron chi connectivity index (χ0n) is 7.81. The standard InChI is InChI=1S/C7H13N3O2S/c1-5(2)10-7(9-13(11)12)4-6(3)8-10/h4-5,9H,1-3H3,(H,11,12). The molecular formula is C7H13N3O2S. The zero-order valence-corrected chi connectivity index (χ0v) is 8.63. The highest BCUT2D eigenvalue weighted by Crippen LogP contribution is 2.15. The van der Waals surface area contributed by atoms with Gasteiger partial charge in [0.15, 0.2) is 0 Å². The number of rotatable bonds is 3. The lowest BCUT2D eigenvalue weighted by Crippen LogP contribution is -2.11. The van der Waals surface area contributed by atoms with Gasteiger partial charge in [0.05, 0.1) is 5.69 Å². The second kappa shape index (κ2) is 3.89. The lowest BCUT2D eigenvalue weighted by molar-refractivity contribution is 0.533. The van der Waals surface area contributed by atoms with E-state index in [1.807, 2.05) is 20.8 Å². The molecule has 0 bridgehead atoms. The summed E-state index contributed by atoms with van der Waals surface area (Å²) in [5, 5.41) is 4.17. The minimum absolute atomic E-state index is 0.166. The molecule has 0 spiro atoms. The molecule has 0 saturated carbocycles. The van der Waals surface area contributed by atoms with Gasteiger partial charge in [-0.3, -0.25) is 9.27 Å². The second-order valence-electron chi connectivity index (χ2n) is 3.06. The van der Waals surface area contributed by atoms with Crippen LogP contribution < -0.4 is 4.72 Å². The molecule has 1 aromatic heterocycles. The Morgan fingerprint density at radius 3 is 2.77 bits per heavy atom. The Morgan fingerprint density at radius 1 is 1.69 bits per heavy atom. The highest BCUT2D eigenvalue weighted by atomic mass is 32.2. The summed E-state index contributed by atoms with van der Waals surface area (Å²) in [6, 6.07) is 1.90. The largest absolute Gasteiger partial charge is 0.289 e. The molecule has 5 nitrogen and oxygen atoms in total. The zero-order chi connectivity index (χ0) is 10.0. The third kappa shape index (κ3) is 2.53. The Hall–Kier alpha value is -0.880. The van der Waals surface area contributed by atoms with Gasteiger partial charge in [-0.15, -0.1) is 0 Å². The van der Waals surface area contributed by atoms with Gasteiger partial charge in [-0.1, -0.05) is 0 Å². The van der Waals surface area contributed by atoms with Crippen molar-refractivity contribution in [1.29, 1.82) is 0 Å². The lowest BCUT2D eigenvalue weighted by atomic mass is 10.4. The molecule has 2 N–H and O–H groups in total. The molecule has 13 heavy (non-hydrogen) atoms. The predicted octanol–water partition coefficient (Wildman–Crippen LogP) is 1.32. The first-order valence-corrected chi connectivity index (χ1v) is 5.05. The Morgan fingerprint density at radius 2 is 2.31 bits per heavy atom. The third-order valence-corrected chi connectivity index (χ3v) is 1.92. The van der Waals surface area contributed by atoms with Gasteiger partial charge in [0.1, 0.15) is 5.82 Å². The van der Waals surface area contributed by atoms with Crippen LogP contribution in [0.2, 0.25) is 0 Å². The lowest BCUT2D eigenvalue weighted by Gasteiger charge is -2.09. The van der Waals surface area contributed by atoms with E-state index in [2.05, 4.69) is 9.82 Å². The quantitative estimate of drug-likeness (QED) is 0.728. The average molecular weight is 203 g/mol. The molecule has 1 heterocycles. The first kappa shape index (κ1) is 10.2. The van der Waals surface area contributed by atoms with E-state index in [-0.39, 0.29) is 6.04 Å². The fourth-order valence-corrected chi connectivity index (χ4v) is 1.41. The van der Waals surface area contributed by atoms with Crippen LogP contribution in [0.25, 0.3) is 0 Å². The monoisotopic (exact) mass is 203 g/mol. The Bertz CT molecular complexity index is 322. The smallest absolute Gasteiger partial charge is 0.260 e. The van der Waals surface area contributed by atoms with Gasteiger partial charge >= 0.3 is 0 Å². The summed E-state index contributed by atoms with van der Waals surface area (Å²) in [5.41, 5.74) is 0.821. The molecule has 0 fully saturated rings. The van der Waals surface area contributed by atoms with E-state index in [4.69, 9.17) is 4.55 Å². The molecular weight excluding hydrogens is 190 g/mol. The van der Waals surface area contributed by atoms with E-state index < -0.39 is 11.3 Å². The minimum atomic E-state index is -2.04. The topological polar surface area (TPSA) is 67.2 Å². The van der Waals surface area contributed by atoms with E-state index in [1.165, 1.54) is 0 Å². The Kier molecular flexibility index (Phi) is 3.05. The van der Waals surface area contributed by atoms with Gasteiger partial charge in [-0.25, -0.2) is 8.89 Å². The molecule has 6 heteroatoms. The van der Waals surface area contributed by atoms with Gasteiger partial charge in [0.2, 0.25) is 0 Å². The van der Waals surface area contributed by atoms with Crippen LogP contribution in [0.5, 0.6) is 0 Å². The van der Waals surface area contributed by atoms with Crippen LogP contribution in [-0.2, 0) is 11.3 Å². The molecule has 0 saturated heterocycles. The number of nitrogens with one attached hydrogen (secondary N) is 1. The SMILES string of the molecule is Cc1cc(NS(=O)O)n(C(C)C)n1. The van der Waals surface area contributed by atoms with Gasteiger partial charge in [0.25, 0.3) is 11.3 Å². The molecule has 1 unspecified atom stereocenters. The average Bonchev–Trinajstić information content (AvgIpc) is 2.29. The number of hydrogen-bond acceptors (Lipinski definition) is 2. The molecule has 0 aliphatic carbocycles. The van der Waals surface area contributed by atoms with Crippen LogP contribution in [-0.4, -0.2) is 18.5 Å². The Labute approximate surface area is 79.6 Å². The van der Waals surface area contributed by atoms with Crippen molar-refractivity contribution in [2.45, 2.75) is 26.8 Å². The maximum Gasteiger partial charge on any atom is 0.260 e. The molecule has 0 amide bonds. The van der Waals surface area contributed by atoms with E-state index in [0.717, 1.165) is 5.69 Å². The summed E-state index contributed by atoms with van der Waals surface area (Å²) < 4.78 is 23.2. The normalized spacial score (nSPS) is 13.3. The maximum atomic E-state index is 10.5. The molecule has 74 valence electrons. The van der Waals surface area contributed by atoms with Crippen LogP contribution in [0, 0.1) is 6.92 Å². The molecule has 0 radical (unpaired) electrons. The molecule has 1 aromatic rings. The van der Waals surface area contributed by atoms with Crippen molar-refractivity contribution >= 4 is 17.1 Å². The predicted molar refractivity (Wildman–Crippen MR) is 51.7 cm³/mol. The molecule has 0 aliphatic heterocycles. The first-order valence-electron chi connectivity index (χ1n) is 3.94.